The van der Waals surface area contributed by atoms with E-state index in [1.54, 1.807) is 0 Å². The van der Waals surface area contributed by atoms with Crippen molar-refractivity contribution < 1.29 is 122 Å². The summed E-state index contributed by atoms with van der Waals surface area (Å²) in [6.07, 6.45) is 0. The molecule has 1 aromatic rings. The molecule has 0 atom stereocenters. The largest absolute Gasteiger partial charge is 4.00 e. The molecule has 0 amide bonds. The minimum absolute atomic E-state index is 0. The average Bonchev–Trinajstić information content (AvgIpc) is 2.67. The Morgan fingerprint density at radius 1 is 0.346 bits per heavy atom. The van der Waals surface area contributed by atoms with Gasteiger partial charge >= 0.3 is 63.2 Å². The first-order valence-electron chi connectivity index (χ1n) is 3.42. The van der Waals surface area contributed by atoms with Crippen LogP contribution < -0.4 is 58.7 Å². The van der Waals surface area contributed by atoms with Gasteiger partial charge in [0.25, 0.3) is 0 Å². The van der Waals surface area contributed by atoms with Gasteiger partial charge in [-0.25, -0.2) is 0 Å². The van der Waals surface area contributed by atoms with Gasteiger partial charge in [0.15, 0.2) is 0 Å². The Hall–Kier alpha value is 4.84. The van der Waals surface area contributed by atoms with Crippen molar-refractivity contribution in [3.05, 3.63) is 0 Å². The molecule has 0 fully saturated rings. The van der Waals surface area contributed by atoms with E-state index in [4.69, 9.17) is 58.7 Å². The summed E-state index contributed by atoms with van der Waals surface area (Å²) >= 11 is 13.1. The molecule has 1 heterocycles. The third-order valence-corrected chi connectivity index (χ3v) is 1.84. The molecule has 0 radical (unpaired) electrons. The maximum absolute atomic E-state index is 8.92. The fourth-order valence-electron chi connectivity index (χ4n) is 0. The van der Waals surface area contributed by atoms with E-state index in [1.807, 2.05) is 28.0 Å². The number of hydrogen-bond acceptors (Lipinski definition) is 19. The maximum atomic E-state index is 8.92. The minimum Gasteiger partial charge on any atom is -0.844 e. The van der Waals surface area contributed by atoms with E-state index in [-0.39, 0.29) is 63.2 Å². The van der Waals surface area contributed by atoms with Crippen molar-refractivity contribution in [3.8, 4) is 0 Å². The molecular weight excluding hydrogens is 828 g/mol. The SMILES string of the molecule is [Mo+4].[Mo+4].[Mo+4].[O-]P([O-])([O-])=S.[O-]P([O-])([O-])=S.[O-]P([O-])([O-])=S.[O-]P([O-])([O-])=S.s1ss1. The summed E-state index contributed by atoms with van der Waals surface area (Å²) in [5.74, 6) is 0. The molecular formula is Mo3O12P4S7. The molecule has 1 rings (SSSR count). The Morgan fingerprint density at radius 3 is 0.385 bits per heavy atom. The van der Waals surface area contributed by atoms with Crippen molar-refractivity contribution in [1.82, 2.24) is 0 Å². The van der Waals surface area contributed by atoms with Crippen LogP contribution in [0, 0.1) is 0 Å². The molecule has 0 unspecified atom stereocenters. The van der Waals surface area contributed by atoms with Gasteiger partial charge in [0.2, 0.25) is 0 Å². The third-order valence-electron chi connectivity index (χ3n) is 0.0680. The van der Waals surface area contributed by atoms with Crippen molar-refractivity contribution in [2.45, 2.75) is 0 Å². The zero-order chi connectivity index (χ0) is 20.1. The van der Waals surface area contributed by atoms with Crippen LogP contribution >= 0.6 is 54.9 Å². The molecule has 0 aliphatic carbocycles. The second kappa shape index (κ2) is 24.5. The molecule has 0 saturated heterocycles. The van der Waals surface area contributed by atoms with Crippen molar-refractivity contribution >= 4 is 102 Å². The molecule has 152 valence electrons. The molecule has 0 aromatic carbocycles. The predicted octanol–water partition coefficient (Wildman–Crippen LogP) is -8.97. The summed E-state index contributed by atoms with van der Waals surface area (Å²) in [6, 6.07) is 0. The fraction of sp³-hybridized carbons (Fsp3) is 0. The van der Waals surface area contributed by atoms with E-state index >= 15 is 0 Å². The van der Waals surface area contributed by atoms with E-state index in [1.165, 1.54) is 0 Å². The van der Waals surface area contributed by atoms with Gasteiger partial charge in [-0.05, 0) is 0 Å². The molecule has 26 heteroatoms. The van der Waals surface area contributed by atoms with Gasteiger partial charge in [0.1, 0.15) is 0 Å². The van der Waals surface area contributed by atoms with Gasteiger partial charge < -0.3 is 85.6 Å². The summed E-state index contributed by atoms with van der Waals surface area (Å²) in [4.78, 5) is 107. The second-order valence-corrected chi connectivity index (χ2v) is 16.2. The zero-order valence-corrected chi connectivity index (χ0v) is 26.1. The molecule has 0 aliphatic heterocycles. The van der Waals surface area contributed by atoms with Gasteiger partial charge in [0, 0.05) is 28.0 Å². The molecule has 26 heavy (non-hydrogen) atoms. The summed E-state index contributed by atoms with van der Waals surface area (Å²) in [7, 11) is 5.50. The fourth-order valence-corrected chi connectivity index (χ4v) is 0. The molecule has 0 N–H and O–H groups in total. The molecule has 0 saturated carbocycles. The third kappa shape index (κ3) is 655. The standard InChI is InChI=1S/3Mo.4H3O3PS.S3/c;;;4*1-4(2,3)5;1-2-3-1/h;;;4*(H3,1,2,3,5);/q3*+4;;;;;/p-12. The van der Waals surface area contributed by atoms with Crippen LogP contribution in [0.4, 0.5) is 0 Å². The van der Waals surface area contributed by atoms with E-state index in [0.29, 0.717) is 0 Å². The van der Waals surface area contributed by atoms with Gasteiger partial charge in [-0.3, -0.25) is 0 Å². The Morgan fingerprint density at radius 2 is 0.385 bits per heavy atom. The van der Waals surface area contributed by atoms with E-state index in [2.05, 4.69) is 47.2 Å². The van der Waals surface area contributed by atoms with Gasteiger partial charge in [-0.2, -0.15) is 47.2 Å². The number of hydrogen-bond donors (Lipinski definition) is 0. The summed E-state index contributed by atoms with van der Waals surface area (Å²) in [6.45, 7) is -18.2. The summed E-state index contributed by atoms with van der Waals surface area (Å²) in [5, 5.41) is 0. The second-order valence-electron chi connectivity index (χ2n) is 1.99. The van der Waals surface area contributed by atoms with Gasteiger partial charge in [-0.15, -0.1) is 0 Å². The van der Waals surface area contributed by atoms with Crippen molar-refractivity contribution in [3.63, 3.8) is 0 Å². The van der Waals surface area contributed by atoms with E-state index in [9.17, 15) is 0 Å². The normalized spacial score (nSPS) is 10.0. The van der Waals surface area contributed by atoms with Crippen LogP contribution in [-0.2, 0) is 110 Å². The molecule has 1 aromatic heterocycles. The van der Waals surface area contributed by atoms with Crippen LogP contribution in [0.15, 0.2) is 0 Å². The topological polar surface area (TPSA) is 277 Å². The van der Waals surface area contributed by atoms with E-state index < -0.39 is 26.9 Å². The average molecular weight is 828 g/mol. The molecule has 12 nitrogen and oxygen atoms in total. The van der Waals surface area contributed by atoms with Crippen LogP contribution in [0.2, 0.25) is 0 Å². The van der Waals surface area contributed by atoms with Crippen LogP contribution in [0.5, 0.6) is 0 Å². The van der Waals surface area contributed by atoms with Gasteiger partial charge in [0.05, 0.1) is 0 Å². The Labute approximate surface area is 221 Å². The predicted molar refractivity (Wildman–Crippen MR) is 77.2 cm³/mol. The molecule has 0 bridgehead atoms. The van der Waals surface area contributed by atoms with E-state index in [0.717, 1.165) is 0 Å². The van der Waals surface area contributed by atoms with Crippen molar-refractivity contribution in [1.29, 1.82) is 0 Å². The monoisotopic (exact) mass is 833 g/mol. The van der Waals surface area contributed by atoms with Gasteiger partial charge in [-0.1, -0.05) is 0 Å². The summed E-state index contributed by atoms with van der Waals surface area (Å²) in [5.41, 5.74) is 0. The Bertz CT molecular complexity index is 401. The first kappa shape index (κ1) is 48.3. The van der Waals surface area contributed by atoms with Crippen LogP contribution in [0.1, 0.15) is 0 Å². The summed E-state index contributed by atoms with van der Waals surface area (Å²) < 4.78 is 0. The minimum atomic E-state index is -4.56. The molecule has 0 aliphatic rings. The molecule has 0 spiro atoms. The Kier molecular flexibility index (Phi) is 45.5. The van der Waals surface area contributed by atoms with Crippen LogP contribution in [-0.4, -0.2) is 0 Å². The Balaban J connectivity index is -0.0000000339. The smallest absolute Gasteiger partial charge is 0.844 e. The first-order valence-corrected chi connectivity index (χ1v) is 17.6. The quantitative estimate of drug-likeness (QED) is 0.133. The number of rotatable bonds is 0. The first-order chi connectivity index (χ1) is 9.50. The zero-order valence-electron chi connectivity index (χ0n) is 10.8. The maximum Gasteiger partial charge on any atom is 4.00 e. The van der Waals surface area contributed by atoms with Crippen LogP contribution in [0.3, 0.4) is 0 Å². The van der Waals surface area contributed by atoms with Crippen molar-refractivity contribution in [2.75, 3.05) is 0 Å². The van der Waals surface area contributed by atoms with Crippen LogP contribution in [0.25, 0.3) is 0 Å². The van der Waals surface area contributed by atoms with Crippen molar-refractivity contribution in [2.24, 2.45) is 0 Å².